The fraction of sp³-hybridized carbons (Fsp3) is 0.692. The molecule has 1 aromatic heterocycles. The van der Waals surface area contributed by atoms with Crippen LogP contribution in [-0.2, 0) is 0 Å². The molecule has 2 aliphatic rings. The molecule has 1 saturated heterocycles. The number of β-amino-alcohol motifs (C(OH)–C–C–N with tert-alkyl or cyclic N) is 1. The highest BCUT2D eigenvalue weighted by atomic mass is 79.9. The fourth-order valence-electron chi connectivity index (χ4n) is 2.49. The van der Waals surface area contributed by atoms with Crippen LogP contribution in [0.25, 0.3) is 0 Å². The molecule has 104 valence electrons. The molecule has 2 fully saturated rings. The van der Waals surface area contributed by atoms with Crippen molar-refractivity contribution in [2.24, 2.45) is 5.92 Å². The Morgan fingerprint density at radius 2 is 1.84 bits per heavy atom. The van der Waals surface area contributed by atoms with Crippen LogP contribution in [0.5, 0.6) is 0 Å². The van der Waals surface area contributed by atoms with E-state index in [1.165, 1.54) is 12.8 Å². The Bertz CT molecular complexity index is 415. The van der Waals surface area contributed by atoms with Gasteiger partial charge in [0.25, 0.3) is 0 Å². The van der Waals surface area contributed by atoms with E-state index in [4.69, 9.17) is 0 Å². The number of rotatable bonds is 4. The van der Waals surface area contributed by atoms with Crippen LogP contribution in [0.2, 0.25) is 0 Å². The van der Waals surface area contributed by atoms with E-state index >= 15 is 0 Å². The van der Waals surface area contributed by atoms with Gasteiger partial charge in [0.15, 0.2) is 0 Å². The van der Waals surface area contributed by atoms with Crippen LogP contribution >= 0.6 is 15.9 Å². The summed E-state index contributed by atoms with van der Waals surface area (Å²) in [6.07, 6.45) is 5.84. The first-order valence-corrected chi connectivity index (χ1v) is 7.64. The van der Waals surface area contributed by atoms with Gasteiger partial charge in [0.05, 0.1) is 10.6 Å². The van der Waals surface area contributed by atoms with Crippen molar-refractivity contribution in [3.63, 3.8) is 0 Å². The summed E-state index contributed by atoms with van der Waals surface area (Å²) in [4.78, 5) is 13.2. The number of hydrogen-bond donors (Lipinski definition) is 1. The highest BCUT2D eigenvalue weighted by Gasteiger charge is 2.31. The van der Waals surface area contributed by atoms with Gasteiger partial charge in [0.1, 0.15) is 0 Å². The van der Waals surface area contributed by atoms with Gasteiger partial charge in [0, 0.05) is 45.1 Å². The van der Waals surface area contributed by atoms with E-state index in [1.54, 1.807) is 12.4 Å². The Hall–Kier alpha value is -0.720. The molecular weight excluding hydrogens is 308 g/mol. The van der Waals surface area contributed by atoms with Crippen LogP contribution in [-0.4, -0.2) is 58.8 Å². The first-order chi connectivity index (χ1) is 9.22. The lowest BCUT2D eigenvalue weighted by molar-refractivity contribution is 0.0920. The van der Waals surface area contributed by atoms with Gasteiger partial charge in [-0.15, -0.1) is 0 Å². The van der Waals surface area contributed by atoms with E-state index < -0.39 is 0 Å². The number of piperazine rings is 1. The summed E-state index contributed by atoms with van der Waals surface area (Å²) in [5.41, 5.74) is 0. The molecule has 6 heteroatoms. The summed E-state index contributed by atoms with van der Waals surface area (Å²) in [7, 11) is 0. The molecule has 5 nitrogen and oxygen atoms in total. The van der Waals surface area contributed by atoms with Crippen molar-refractivity contribution in [3.05, 3.63) is 16.9 Å². The standard InChI is InChI=1S/C13H19BrN4O/c14-11-7-15-13(16-8-11)18-5-3-17(4-6-18)9-12(19)10-1-2-10/h7-8,10,12,19H,1-6,9H2. The first-order valence-electron chi connectivity index (χ1n) is 6.85. The molecule has 0 bridgehead atoms. The topological polar surface area (TPSA) is 52.5 Å². The van der Waals surface area contributed by atoms with Gasteiger partial charge in [-0.2, -0.15) is 0 Å². The largest absolute Gasteiger partial charge is 0.392 e. The van der Waals surface area contributed by atoms with Gasteiger partial charge >= 0.3 is 0 Å². The minimum absolute atomic E-state index is 0.129. The highest BCUT2D eigenvalue weighted by Crippen LogP contribution is 2.32. The first kappa shape index (κ1) is 13.3. The van der Waals surface area contributed by atoms with Gasteiger partial charge in [-0.3, -0.25) is 4.90 Å². The zero-order valence-corrected chi connectivity index (χ0v) is 12.5. The minimum Gasteiger partial charge on any atom is -0.392 e. The van der Waals surface area contributed by atoms with Gasteiger partial charge in [-0.25, -0.2) is 9.97 Å². The van der Waals surface area contributed by atoms with Crippen LogP contribution in [0.4, 0.5) is 5.95 Å². The van der Waals surface area contributed by atoms with E-state index in [0.717, 1.165) is 43.1 Å². The van der Waals surface area contributed by atoms with Gasteiger partial charge in [-0.1, -0.05) is 0 Å². The lowest BCUT2D eigenvalue weighted by atomic mass is 10.2. The second-order valence-electron chi connectivity index (χ2n) is 5.39. The summed E-state index contributed by atoms with van der Waals surface area (Å²) in [6.45, 7) is 4.63. The molecule has 1 N–H and O–H groups in total. The third-order valence-electron chi connectivity index (χ3n) is 3.87. The summed E-state index contributed by atoms with van der Waals surface area (Å²) in [6, 6.07) is 0. The second kappa shape index (κ2) is 5.73. The van der Waals surface area contributed by atoms with Crippen molar-refractivity contribution < 1.29 is 5.11 Å². The smallest absolute Gasteiger partial charge is 0.225 e. The van der Waals surface area contributed by atoms with Gasteiger partial charge in [-0.05, 0) is 34.7 Å². The van der Waals surface area contributed by atoms with Crippen molar-refractivity contribution in [1.82, 2.24) is 14.9 Å². The molecule has 3 rings (SSSR count). The normalized spacial score (nSPS) is 22.5. The second-order valence-corrected chi connectivity index (χ2v) is 6.31. The molecule has 2 heterocycles. The van der Waals surface area contributed by atoms with Crippen molar-refractivity contribution in [2.75, 3.05) is 37.6 Å². The number of nitrogens with zero attached hydrogens (tertiary/aromatic N) is 4. The van der Waals surface area contributed by atoms with Crippen LogP contribution in [0, 0.1) is 5.92 Å². The lowest BCUT2D eigenvalue weighted by Gasteiger charge is -2.35. The summed E-state index contributed by atoms with van der Waals surface area (Å²) < 4.78 is 0.905. The quantitative estimate of drug-likeness (QED) is 0.899. The molecule has 1 aliphatic heterocycles. The number of aliphatic hydroxyl groups excluding tert-OH is 1. The zero-order valence-electron chi connectivity index (χ0n) is 10.9. The maximum absolute atomic E-state index is 9.97. The molecule has 0 radical (unpaired) electrons. The molecule has 19 heavy (non-hydrogen) atoms. The SMILES string of the molecule is OC(CN1CCN(c2ncc(Br)cn2)CC1)C1CC1. The predicted molar refractivity (Wildman–Crippen MR) is 77.1 cm³/mol. The summed E-state index contributed by atoms with van der Waals surface area (Å²) >= 11 is 3.35. The Kier molecular flexibility index (Phi) is 4.00. The molecule has 0 amide bonds. The lowest BCUT2D eigenvalue weighted by Crippen LogP contribution is -2.49. The molecule has 1 unspecified atom stereocenters. The summed E-state index contributed by atoms with van der Waals surface area (Å²) in [5.74, 6) is 1.36. The Morgan fingerprint density at radius 3 is 2.42 bits per heavy atom. The molecule has 0 spiro atoms. The third kappa shape index (κ3) is 3.43. The average Bonchev–Trinajstić information content (AvgIpc) is 3.25. The maximum Gasteiger partial charge on any atom is 0.225 e. The number of hydrogen-bond acceptors (Lipinski definition) is 5. The van der Waals surface area contributed by atoms with Crippen LogP contribution in [0.15, 0.2) is 16.9 Å². The molecule has 1 saturated carbocycles. The molecule has 1 aromatic rings. The minimum atomic E-state index is -0.129. The van der Waals surface area contributed by atoms with Crippen molar-refractivity contribution in [2.45, 2.75) is 18.9 Å². The number of anilines is 1. The Balaban J connectivity index is 1.49. The fourth-order valence-corrected chi connectivity index (χ4v) is 2.70. The van der Waals surface area contributed by atoms with Crippen LogP contribution < -0.4 is 4.90 Å². The maximum atomic E-state index is 9.97. The van der Waals surface area contributed by atoms with Gasteiger partial charge in [0.2, 0.25) is 5.95 Å². The molecule has 0 aromatic carbocycles. The molecular formula is C13H19BrN4O. The van der Waals surface area contributed by atoms with Gasteiger partial charge < -0.3 is 10.0 Å². The van der Waals surface area contributed by atoms with E-state index in [2.05, 4.69) is 35.7 Å². The highest BCUT2D eigenvalue weighted by molar-refractivity contribution is 9.10. The van der Waals surface area contributed by atoms with E-state index in [9.17, 15) is 5.11 Å². The molecule has 1 aliphatic carbocycles. The molecule has 1 atom stereocenters. The average molecular weight is 327 g/mol. The zero-order chi connectivity index (χ0) is 13.2. The van der Waals surface area contributed by atoms with Crippen LogP contribution in [0.3, 0.4) is 0 Å². The summed E-state index contributed by atoms with van der Waals surface area (Å²) in [5, 5.41) is 9.97. The Morgan fingerprint density at radius 1 is 1.21 bits per heavy atom. The van der Waals surface area contributed by atoms with E-state index in [1.807, 2.05) is 0 Å². The third-order valence-corrected chi connectivity index (χ3v) is 4.28. The Labute approximate surface area is 121 Å². The van der Waals surface area contributed by atoms with E-state index in [-0.39, 0.29) is 6.10 Å². The van der Waals surface area contributed by atoms with Crippen molar-refractivity contribution >= 4 is 21.9 Å². The monoisotopic (exact) mass is 326 g/mol. The number of halogens is 1. The van der Waals surface area contributed by atoms with Crippen molar-refractivity contribution in [1.29, 1.82) is 0 Å². The number of aromatic nitrogens is 2. The van der Waals surface area contributed by atoms with Crippen molar-refractivity contribution in [3.8, 4) is 0 Å². The number of aliphatic hydroxyl groups is 1. The van der Waals surface area contributed by atoms with E-state index in [0.29, 0.717) is 5.92 Å². The van der Waals surface area contributed by atoms with Crippen LogP contribution in [0.1, 0.15) is 12.8 Å². The predicted octanol–water partition coefficient (Wildman–Crippen LogP) is 1.13.